The molecule has 1 aliphatic rings. The van der Waals surface area contributed by atoms with Crippen molar-refractivity contribution >= 4 is 61.7 Å². The molecule has 0 heterocycles. The van der Waals surface area contributed by atoms with Gasteiger partial charge in [0, 0.05) is 21.2 Å². The van der Waals surface area contributed by atoms with Crippen LogP contribution in [-0.2, 0) is 26.2 Å². The van der Waals surface area contributed by atoms with E-state index >= 15 is 0 Å². The first-order valence-corrected chi connectivity index (χ1v) is 14.9. The third kappa shape index (κ3) is 8.08. The number of sulfonamides is 1. The highest BCUT2D eigenvalue weighted by molar-refractivity contribution is 14.1. The Balaban J connectivity index is 1.85. The van der Waals surface area contributed by atoms with Gasteiger partial charge in [0.1, 0.15) is 12.6 Å². The molecule has 0 saturated heterocycles. The van der Waals surface area contributed by atoms with E-state index in [9.17, 15) is 18.0 Å². The fraction of sp³-hybridized carbons (Fsp3) is 0.440. The number of benzene rings is 2. The average Bonchev–Trinajstić information content (AvgIpc) is 2.82. The fourth-order valence-electron chi connectivity index (χ4n) is 4.16. The molecule has 1 N–H and O–H groups in total. The molecule has 2 aromatic rings. The second-order valence-corrected chi connectivity index (χ2v) is 12.5. The summed E-state index contributed by atoms with van der Waals surface area (Å²) >= 11 is 8.14. The Bertz CT molecular complexity index is 1120. The summed E-state index contributed by atoms with van der Waals surface area (Å²) < 4.78 is 27.2. The third-order valence-electron chi connectivity index (χ3n) is 6.18. The summed E-state index contributed by atoms with van der Waals surface area (Å²) in [6.07, 6.45) is 6.25. The Hall–Kier alpha value is -1.85. The zero-order valence-electron chi connectivity index (χ0n) is 19.9. The van der Waals surface area contributed by atoms with Gasteiger partial charge < -0.3 is 10.2 Å². The lowest BCUT2D eigenvalue weighted by Gasteiger charge is -2.33. The maximum absolute atomic E-state index is 13.6. The topological polar surface area (TPSA) is 86.8 Å². The molecule has 3 rings (SSSR count). The maximum atomic E-state index is 13.6. The van der Waals surface area contributed by atoms with Crippen LogP contribution in [0.15, 0.2) is 48.5 Å². The number of hydrogen-bond donors (Lipinski definition) is 1. The highest BCUT2D eigenvalue weighted by Gasteiger charge is 2.31. The van der Waals surface area contributed by atoms with E-state index in [1.54, 1.807) is 55.5 Å². The van der Waals surface area contributed by atoms with Crippen molar-refractivity contribution in [3.63, 3.8) is 0 Å². The minimum atomic E-state index is -3.74. The van der Waals surface area contributed by atoms with Gasteiger partial charge in [-0.3, -0.25) is 13.9 Å². The van der Waals surface area contributed by atoms with Crippen molar-refractivity contribution in [3.8, 4) is 0 Å². The SMILES string of the molecule is C[C@@H](C(=O)NC1CCCCC1)N(Cc1ccc(Cl)cc1)C(=O)CN(c1ccc(I)cc1)S(C)(=O)=O. The molecular formula is C25H31ClIN3O4S. The van der Waals surface area contributed by atoms with Crippen LogP contribution in [0.5, 0.6) is 0 Å². The summed E-state index contributed by atoms with van der Waals surface area (Å²) in [6.45, 7) is 1.43. The smallest absolute Gasteiger partial charge is 0.244 e. The van der Waals surface area contributed by atoms with E-state index < -0.39 is 28.5 Å². The van der Waals surface area contributed by atoms with Crippen LogP contribution in [0.25, 0.3) is 0 Å². The molecule has 1 saturated carbocycles. The summed E-state index contributed by atoms with van der Waals surface area (Å²) in [5.74, 6) is -0.699. The summed E-state index contributed by atoms with van der Waals surface area (Å²) in [6, 6.07) is 13.3. The number of anilines is 1. The molecule has 7 nitrogen and oxygen atoms in total. The van der Waals surface area contributed by atoms with Gasteiger partial charge in [0.25, 0.3) is 0 Å². The van der Waals surface area contributed by atoms with Crippen molar-refractivity contribution in [2.45, 2.75) is 57.7 Å². The van der Waals surface area contributed by atoms with E-state index in [1.165, 1.54) is 11.3 Å². The minimum Gasteiger partial charge on any atom is -0.352 e. The lowest BCUT2D eigenvalue weighted by Crippen LogP contribution is -2.52. The Morgan fingerprint density at radius 3 is 2.23 bits per heavy atom. The van der Waals surface area contributed by atoms with Gasteiger partial charge in [-0.25, -0.2) is 8.42 Å². The fourth-order valence-corrected chi connectivity index (χ4v) is 5.49. The summed E-state index contributed by atoms with van der Waals surface area (Å²) in [4.78, 5) is 28.1. The second-order valence-electron chi connectivity index (χ2n) is 8.91. The van der Waals surface area contributed by atoms with Gasteiger partial charge in [-0.15, -0.1) is 0 Å². The Morgan fingerprint density at radius 2 is 1.66 bits per heavy atom. The molecular weight excluding hydrogens is 601 g/mol. The Morgan fingerprint density at radius 1 is 1.06 bits per heavy atom. The van der Waals surface area contributed by atoms with Crippen LogP contribution in [0.4, 0.5) is 5.69 Å². The molecule has 0 unspecified atom stereocenters. The van der Waals surface area contributed by atoms with Crippen molar-refractivity contribution < 1.29 is 18.0 Å². The first-order chi connectivity index (χ1) is 16.5. The molecule has 2 aromatic carbocycles. The zero-order valence-corrected chi connectivity index (χ0v) is 23.6. The summed E-state index contributed by atoms with van der Waals surface area (Å²) in [5.41, 5.74) is 1.19. The van der Waals surface area contributed by atoms with Crippen LogP contribution >= 0.6 is 34.2 Å². The monoisotopic (exact) mass is 631 g/mol. The quantitative estimate of drug-likeness (QED) is 0.411. The molecule has 10 heteroatoms. The van der Waals surface area contributed by atoms with Crippen LogP contribution < -0.4 is 9.62 Å². The number of rotatable bonds is 9. The van der Waals surface area contributed by atoms with Crippen molar-refractivity contribution in [3.05, 3.63) is 62.7 Å². The predicted molar refractivity (Wildman–Crippen MR) is 148 cm³/mol. The normalized spacial score (nSPS) is 15.3. The first kappa shape index (κ1) is 27.7. The average molecular weight is 632 g/mol. The predicted octanol–water partition coefficient (Wildman–Crippen LogP) is 4.58. The molecule has 0 aliphatic heterocycles. The van der Waals surface area contributed by atoms with Gasteiger partial charge in [0.2, 0.25) is 21.8 Å². The van der Waals surface area contributed by atoms with Gasteiger partial charge >= 0.3 is 0 Å². The van der Waals surface area contributed by atoms with E-state index in [-0.39, 0.29) is 18.5 Å². The zero-order chi connectivity index (χ0) is 25.6. The number of amides is 2. The third-order valence-corrected chi connectivity index (χ3v) is 8.29. The van der Waals surface area contributed by atoms with E-state index in [4.69, 9.17) is 11.6 Å². The van der Waals surface area contributed by atoms with E-state index in [0.717, 1.165) is 45.4 Å². The Kier molecular flexibility index (Phi) is 9.83. The lowest BCUT2D eigenvalue weighted by atomic mass is 9.95. The van der Waals surface area contributed by atoms with Gasteiger partial charge in [-0.1, -0.05) is 43.0 Å². The second kappa shape index (κ2) is 12.4. The van der Waals surface area contributed by atoms with Crippen LogP contribution in [0.3, 0.4) is 0 Å². The molecule has 1 fully saturated rings. The van der Waals surface area contributed by atoms with E-state index in [2.05, 4.69) is 27.9 Å². The molecule has 0 spiro atoms. The van der Waals surface area contributed by atoms with Gasteiger partial charge in [0.05, 0.1) is 11.9 Å². The number of halogens is 2. The van der Waals surface area contributed by atoms with Crippen molar-refractivity contribution in [1.82, 2.24) is 10.2 Å². The number of nitrogens with zero attached hydrogens (tertiary/aromatic N) is 2. The number of carbonyl (C=O) groups is 2. The van der Waals surface area contributed by atoms with Crippen molar-refractivity contribution in [2.24, 2.45) is 0 Å². The standard InChI is InChI=1S/C25H31ClIN3O4S/c1-18(25(32)28-22-6-4-3-5-7-22)29(16-19-8-10-20(26)11-9-19)24(31)17-30(35(2,33)34)23-14-12-21(27)13-15-23/h8-15,18,22H,3-7,16-17H2,1-2H3,(H,28,32)/t18-/m0/s1. The highest BCUT2D eigenvalue weighted by Crippen LogP contribution is 2.22. The van der Waals surface area contributed by atoms with Gasteiger partial charge in [-0.2, -0.15) is 0 Å². The number of carbonyl (C=O) groups excluding carboxylic acids is 2. The maximum Gasteiger partial charge on any atom is 0.244 e. The van der Waals surface area contributed by atoms with Gasteiger partial charge in [-0.05, 0) is 84.3 Å². The largest absolute Gasteiger partial charge is 0.352 e. The number of hydrogen-bond acceptors (Lipinski definition) is 4. The number of nitrogens with one attached hydrogen (secondary N) is 1. The molecule has 35 heavy (non-hydrogen) atoms. The van der Waals surface area contributed by atoms with Crippen LogP contribution in [0, 0.1) is 3.57 Å². The molecule has 1 aliphatic carbocycles. The van der Waals surface area contributed by atoms with Crippen molar-refractivity contribution in [2.75, 3.05) is 17.1 Å². The molecule has 2 amide bonds. The molecule has 0 bridgehead atoms. The van der Waals surface area contributed by atoms with Gasteiger partial charge in [0.15, 0.2) is 0 Å². The van der Waals surface area contributed by atoms with Crippen LogP contribution in [0.2, 0.25) is 5.02 Å². The van der Waals surface area contributed by atoms with Crippen molar-refractivity contribution in [1.29, 1.82) is 0 Å². The highest BCUT2D eigenvalue weighted by atomic mass is 127. The molecule has 0 radical (unpaired) electrons. The molecule has 1 atom stereocenters. The van der Waals surface area contributed by atoms with Crippen LogP contribution in [-0.4, -0.2) is 50.0 Å². The Labute approximate surface area is 226 Å². The van der Waals surface area contributed by atoms with Crippen LogP contribution in [0.1, 0.15) is 44.6 Å². The molecule has 0 aromatic heterocycles. The summed E-state index contributed by atoms with van der Waals surface area (Å²) in [5, 5.41) is 3.65. The van der Waals surface area contributed by atoms with E-state index in [1.807, 2.05) is 0 Å². The summed E-state index contributed by atoms with van der Waals surface area (Å²) in [7, 11) is -3.74. The van der Waals surface area contributed by atoms with E-state index in [0.29, 0.717) is 10.7 Å². The lowest BCUT2D eigenvalue weighted by molar-refractivity contribution is -0.139. The minimum absolute atomic E-state index is 0.102. The first-order valence-electron chi connectivity index (χ1n) is 11.6. The molecule has 190 valence electrons.